The fourth-order valence-corrected chi connectivity index (χ4v) is 4.00. The number of nitro groups is 1. The molecule has 4 aromatic rings. The summed E-state index contributed by atoms with van der Waals surface area (Å²) in [5.74, 6) is -0.399. The topological polar surface area (TPSA) is 111 Å². The van der Waals surface area contributed by atoms with Crippen LogP contribution in [0.3, 0.4) is 0 Å². The summed E-state index contributed by atoms with van der Waals surface area (Å²) in [6, 6.07) is 23.1. The second-order valence-electron chi connectivity index (χ2n) is 7.19. The minimum atomic E-state index is -0.622. The van der Waals surface area contributed by atoms with E-state index in [-0.39, 0.29) is 16.4 Å². The van der Waals surface area contributed by atoms with Crippen LogP contribution in [-0.4, -0.2) is 31.3 Å². The van der Waals surface area contributed by atoms with E-state index in [1.54, 1.807) is 6.92 Å². The maximum Gasteiger partial charge on any atom is 0.271 e. The zero-order chi connectivity index (χ0) is 24.1. The molecule has 0 aliphatic carbocycles. The molecule has 8 nitrogen and oxygen atoms in total. The number of benzene rings is 3. The fraction of sp³-hybridized carbons (Fsp3) is 0.0833. The van der Waals surface area contributed by atoms with E-state index in [0.29, 0.717) is 16.5 Å². The van der Waals surface area contributed by atoms with Crippen molar-refractivity contribution in [1.29, 1.82) is 0 Å². The molecule has 0 aliphatic heterocycles. The van der Waals surface area contributed by atoms with Crippen molar-refractivity contribution in [2.24, 2.45) is 0 Å². The number of thioether (sulfide) groups is 1. The Morgan fingerprint density at radius 3 is 2.21 bits per heavy atom. The highest BCUT2D eigenvalue weighted by Crippen LogP contribution is 2.31. The van der Waals surface area contributed by atoms with Gasteiger partial charge in [0.05, 0.1) is 20.9 Å². The third-order valence-electron chi connectivity index (χ3n) is 4.83. The Kier molecular flexibility index (Phi) is 7.15. The third-order valence-corrected chi connectivity index (χ3v) is 6.11. The number of nitro benzene ring substituents is 1. The Morgan fingerprint density at radius 1 is 0.971 bits per heavy atom. The van der Waals surface area contributed by atoms with Crippen LogP contribution in [0.5, 0.6) is 0 Å². The second-order valence-corrected chi connectivity index (χ2v) is 8.91. The van der Waals surface area contributed by atoms with Crippen molar-refractivity contribution in [2.45, 2.75) is 17.3 Å². The summed E-state index contributed by atoms with van der Waals surface area (Å²) < 4.78 is 0. The van der Waals surface area contributed by atoms with E-state index in [0.717, 1.165) is 22.9 Å². The summed E-state index contributed by atoms with van der Waals surface area (Å²) in [6.07, 6.45) is 0. The smallest absolute Gasteiger partial charge is 0.271 e. The van der Waals surface area contributed by atoms with Crippen molar-refractivity contribution >= 4 is 40.6 Å². The van der Waals surface area contributed by atoms with Crippen molar-refractivity contribution in [3.63, 3.8) is 0 Å². The van der Waals surface area contributed by atoms with Gasteiger partial charge in [-0.1, -0.05) is 84.0 Å². The molecule has 1 amide bonds. The first-order valence-electron chi connectivity index (χ1n) is 10.2. The molecule has 0 aliphatic rings. The van der Waals surface area contributed by atoms with Gasteiger partial charge in [-0.05, 0) is 13.0 Å². The number of carbonyl (C=O) groups excluding carboxylic acids is 1. The lowest BCUT2D eigenvalue weighted by Crippen LogP contribution is -2.23. The zero-order valence-corrected chi connectivity index (χ0v) is 19.5. The molecule has 1 atom stereocenters. The van der Waals surface area contributed by atoms with Gasteiger partial charge in [-0.15, -0.1) is 10.2 Å². The number of nitrogens with zero attached hydrogens (tertiary/aromatic N) is 4. The van der Waals surface area contributed by atoms with Crippen molar-refractivity contribution in [2.75, 3.05) is 5.32 Å². The van der Waals surface area contributed by atoms with Crippen LogP contribution in [0.2, 0.25) is 5.02 Å². The largest absolute Gasteiger partial charge is 0.324 e. The maximum absolute atomic E-state index is 12.8. The van der Waals surface area contributed by atoms with Gasteiger partial charge in [-0.25, -0.2) is 4.98 Å². The number of non-ortho nitro benzene ring substituents is 1. The first kappa shape index (κ1) is 23.3. The fourth-order valence-electron chi connectivity index (χ4n) is 3.12. The average Bonchev–Trinajstić information content (AvgIpc) is 2.86. The van der Waals surface area contributed by atoms with Crippen LogP contribution in [0.4, 0.5) is 11.4 Å². The number of hydrogen-bond donors (Lipinski definition) is 1. The molecule has 0 bridgehead atoms. The maximum atomic E-state index is 12.8. The van der Waals surface area contributed by atoms with Crippen LogP contribution in [0, 0.1) is 10.1 Å². The highest BCUT2D eigenvalue weighted by Gasteiger charge is 2.21. The van der Waals surface area contributed by atoms with Gasteiger partial charge in [-0.3, -0.25) is 14.9 Å². The van der Waals surface area contributed by atoms with Gasteiger partial charge in [-0.2, -0.15) is 0 Å². The van der Waals surface area contributed by atoms with Crippen LogP contribution in [0.25, 0.3) is 22.5 Å². The second kappa shape index (κ2) is 10.4. The molecule has 34 heavy (non-hydrogen) atoms. The summed E-state index contributed by atoms with van der Waals surface area (Å²) in [6.45, 7) is 1.68. The standard InChI is InChI=1S/C24H18ClN5O3S/c1-15(23(31)26-20-14-18(30(32)33)12-13-19(20)25)34-24-27-21(16-8-4-2-5-9-16)22(28-29-24)17-10-6-3-7-11-17/h2-15H,1H3,(H,26,31)/t15-/m1/s1. The number of halogens is 1. The van der Waals surface area contributed by atoms with E-state index in [2.05, 4.69) is 15.5 Å². The Bertz CT molecular complexity index is 1340. The first-order valence-corrected chi connectivity index (χ1v) is 11.4. The summed E-state index contributed by atoms with van der Waals surface area (Å²) in [5, 5.41) is 22.2. The van der Waals surface area contributed by atoms with E-state index in [9.17, 15) is 14.9 Å². The molecule has 0 saturated carbocycles. The molecule has 1 N–H and O–H groups in total. The van der Waals surface area contributed by atoms with E-state index in [1.165, 1.54) is 18.2 Å². The normalized spacial score (nSPS) is 11.6. The molecular formula is C24H18ClN5O3S. The van der Waals surface area contributed by atoms with Crippen molar-refractivity contribution in [3.05, 3.63) is 94.0 Å². The Morgan fingerprint density at radius 2 is 1.59 bits per heavy atom. The number of aromatic nitrogens is 3. The molecule has 0 spiro atoms. The van der Waals surface area contributed by atoms with Crippen molar-refractivity contribution in [3.8, 4) is 22.5 Å². The van der Waals surface area contributed by atoms with E-state index in [1.807, 2.05) is 60.7 Å². The zero-order valence-electron chi connectivity index (χ0n) is 17.9. The molecule has 4 rings (SSSR count). The molecule has 1 aromatic heterocycles. The molecule has 0 fully saturated rings. The summed E-state index contributed by atoms with van der Waals surface area (Å²) in [4.78, 5) is 27.9. The Balaban J connectivity index is 1.59. The van der Waals surface area contributed by atoms with E-state index < -0.39 is 16.1 Å². The third kappa shape index (κ3) is 5.38. The molecular weight excluding hydrogens is 474 g/mol. The summed E-state index contributed by atoms with van der Waals surface area (Å²) in [7, 11) is 0. The van der Waals surface area contributed by atoms with Crippen LogP contribution >= 0.6 is 23.4 Å². The molecule has 10 heteroatoms. The van der Waals surface area contributed by atoms with Crippen LogP contribution in [-0.2, 0) is 4.79 Å². The first-order chi connectivity index (χ1) is 16.4. The molecule has 3 aromatic carbocycles. The molecule has 0 radical (unpaired) electrons. The Hall–Kier alpha value is -3.82. The lowest BCUT2D eigenvalue weighted by molar-refractivity contribution is -0.384. The van der Waals surface area contributed by atoms with Gasteiger partial charge in [0.25, 0.3) is 5.69 Å². The van der Waals surface area contributed by atoms with Gasteiger partial charge >= 0.3 is 0 Å². The van der Waals surface area contributed by atoms with Gasteiger partial charge in [0.2, 0.25) is 11.1 Å². The van der Waals surface area contributed by atoms with Crippen molar-refractivity contribution < 1.29 is 9.72 Å². The van der Waals surface area contributed by atoms with Crippen LogP contribution in [0.1, 0.15) is 6.92 Å². The van der Waals surface area contributed by atoms with Gasteiger partial charge in [0.1, 0.15) is 11.4 Å². The summed E-state index contributed by atoms with van der Waals surface area (Å²) in [5.41, 5.74) is 3.03. The molecule has 170 valence electrons. The van der Waals surface area contributed by atoms with Crippen molar-refractivity contribution in [1.82, 2.24) is 15.2 Å². The van der Waals surface area contributed by atoms with Crippen LogP contribution < -0.4 is 5.32 Å². The predicted molar refractivity (Wildman–Crippen MR) is 133 cm³/mol. The van der Waals surface area contributed by atoms with Gasteiger partial charge < -0.3 is 5.32 Å². The number of hydrogen-bond acceptors (Lipinski definition) is 7. The number of amides is 1. The quantitative estimate of drug-likeness (QED) is 0.195. The minimum absolute atomic E-state index is 0.164. The van der Waals surface area contributed by atoms with Gasteiger partial charge in [0.15, 0.2) is 0 Å². The highest BCUT2D eigenvalue weighted by molar-refractivity contribution is 8.00. The van der Waals surface area contributed by atoms with Crippen LogP contribution in [0.15, 0.2) is 84.0 Å². The monoisotopic (exact) mass is 491 g/mol. The lowest BCUT2D eigenvalue weighted by Gasteiger charge is -2.13. The predicted octanol–water partition coefficient (Wildman–Crippen LogP) is 5.89. The van der Waals surface area contributed by atoms with E-state index in [4.69, 9.17) is 16.6 Å². The SMILES string of the molecule is C[C@@H](Sc1nnc(-c2ccccc2)c(-c2ccccc2)n1)C(=O)Nc1cc([N+](=O)[O-])ccc1Cl. The average molecular weight is 492 g/mol. The number of anilines is 1. The minimum Gasteiger partial charge on any atom is -0.324 e. The molecule has 0 saturated heterocycles. The number of carbonyl (C=O) groups is 1. The summed E-state index contributed by atoms with van der Waals surface area (Å²) >= 11 is 7.22. The molecule has 0 unspecified atom stereocenters. The number of nitrogens with one attached hydrogen (secondary N) is 1. The van der Waals surface area contributed by atoms with E-state index >= 15 is 0 Å². The number of rotatable bonds is 7. The van der Waals surface area contributed by atoms with Gasteiger partial charge in [0, 0.05) is 23.3 Å². The molecule has 1 heterocycles. The highest BCUT2D eigenvalue weighted by atomic mass is 35.5. The Labute approximate surface area is 204 Å². The lowest BCUT2D eigenvalue weighted by atomic mass is 10.0.